The molecule has 0 heterocycles. The Morgan fingerprint density at radius 3 is 2.45 bits per heavy atom. The Balaban J connectivity index is 0.00000242. The van der Waals surface area contributed by atoms with Crippen LogP contribution in [0.5, 0.6) is 5.75 Å². The molecule has 0 amide bonds. The maximum absolute atomic E-state index is 5.56. The van der Waals surface area contributed by atoms with Crippen molar-refractivity contribution in [1.82, 2.24) is 5.32 Å². The number of benzene rings is 2. The Morgan fingerprint density at radius 1 is 1.00 bits per heavy atom. The van der Waals surface area contributed by atoms with Crippen molar-refractivity contribution in [2.75, 3.05) is 6.61 Å². The first-order valence-corrected chi connectivity index (χ1v) is 7.83. The van der Waals surface area contributed by atoms with Gasteiger partial charge in [0.25, 0.3) is 0 Å². The van der Waals surface area contributed by atoms with Crippen molar-refractivity contribution in [2.45, 2.75) is 39.3 Å². The van der Waals surface area contributed by atoms with Crippen molar-refractivity contribution in [1.29, 1.82) is 0 Å². The Morgan fingerprint density at radius 2 is 1.77 bits per heavy atom. The molecule has 22 heavy (non-hydrogen) atoms. The van der Waals surface area contributed by atoms with Gasteiger partial charge in [0.1, 0.15) is 5.75 Å². The molecule has 3 heteroatoms. The molecule has 0 radical (unpaired) electrons. The van der Waals surface area contributed by atoms with E-state index in [2.05, 4.69) is 60.8 Å². The Hall–Kier alpha value is -1.51. The van der Waals surface area contributed by atoms with Gasteiger partial charge in [0.15, 0.2) is 0 Å². The molecule has 2 rings (SSSR count). The lowest BCUT2D eigenvalue weighted by Gasteiger charge is -2.19. The van der Waals surface area contributed by atoms with Crippen molar-refractivity contribution in [3.05, 3.63) is 65.7 Å². The van der Waals surface area contributed by atoms with E-state index < -0.39 is 0 Å². The minimum atomic E-state index is 0. The fourth-order valence-corrected chi connectivity index (χ4v) is 2.51. The molecule has 1 atom stereocenters. The van der Waals surface area contributed by atoms with Crippen LogP contribution in [0.3, 0.4) is 0 Å². The molecule has 0 aliphatic carbocycles. The van der Waals surface area contributed by atoms with Crippen LogP contribution in [0.1, 0.15) is 43.9 Å². The lowest BCUT2D eigenvalue weighted by Crippen LogP contribution is -2.20. The first-order chi connectivity index (χ1) is 10.3. The summed E-state index contributed by atoms with van der Waals surface area (Å²) in [6.07, 6.45) is 2.32. The largest absolute Gasteiger partial charge is 0.494 e. The highest BCUT2D eigenvalue weighted by Gasteiger charge is 2.09. The SMILES string of the molecule is CCCC(NCc1cccc(OCC)c1)c1ccccc1.Cl. The number of hydrogen-bond acceptors (Lipinski definition) is 2. The molecule has 2 nitrogen and oxygen atoms in total. The minimum Gasteiger partial charge on any atom is -0.494 e. The topological polar surface area (TPSA) is 21.3 Å². The van der Waals surface area contributed by atoms with Crippen LogP contribution in [0.15, 0.2) is 54.6 Å². The van der Waals surface area contributed by atoms with Gasteiger partial charge in [-0.05, 0) is 36.6 Å². The fourth-order valence-electron chi connectivity index (χ4n) is 2.51. The number of hydrogen-bond donors (Lipinski definition) is 1. The first kappa shape index (κ1) is 18.5. The summed E-state index contributed by atoms with van der Waals surface area (Å²) in [5, 5.41) is 3.67. The summed E-state index contributed by atoms with van der Waals surface area (Å²) in [4.78, 5) is 0. The van der Waals surface area contributed by atoms with Gasteiger partial charge in [-0.2, -0.15) is 0 Å². The molecular formula is C19H26ClNO. The van der Waals surface area contributed by atoms with Crippen LogP contribution < -0.4 is 10.1 Å². The monoisotopic (exact) mass is 319 g/mol. The summed E-state index contributed by atoms with van der Waals surface area (Å²) in [5.41, 5.74) is 2.62. The van der Waals surface area contributed by atoms with Crippen LogP contribution >= 0.6 is 12.4 Å². The third kappa shape index (κ3) is 5.70. The zero-order valence-electron chi connectivity index (χ0n) is 13.4. The van der Waals surface area contributed by atoms with E-state index in [-0.39, 0.29) is 12.4 Å². The molecule has 0 aliphatic rings. The van der Waals surface area contributed by atoms with E-state index in [1.807, 2.05) is 13.0 Å². The van der Waals surface area contributed by atoms with Gasteiger partial charge in [0, 0.05) is 12.6 Å². The van der Waals surface area contributed by atoms with Crippen LogP contribution in [0, 0.1) is 0 Å². The predicted octanol–water partition coefficient (Wildman–Crippen LogP) is 5.14. The van der Waals surface area contributed by atoms with Crippen molar-refractivity contribution in [3.8, 4) is 5.75 Å². The molecule has 2 aromatic carbocycles. The summed E-state index contributed by atoms with van der Waals surface area (Å²) in [7, 11) is 0. The highest BCUT2D eigenvalue weighted by Crippen LogP contribution is 2.20. The predicted molar refractivity (Wildman–Crippen MR) is 95.8 cm³/mol. The number of rotatable bonds is 8. The molecule has 0 bridgehead atoms. The summed E-state index contributed by atoms with van der Waals surface area (Å²) >= 11 is 0. The lowest BCUT2D eigenvalue weighted by molar-refractivity contribution is 0.339. The third-order valence-corrected chi connectivity index (χ3v) is 3.54. The van der Waals surface area contributed by atoms with Crippen LogP contribution in [0.25, 0.3) is 0 Å². The van der Waals surface area contributed by atoms with E-state index in [4.69, 9.17) is 4.74 Å². The number of ether oxygens (including phenoxy) is 1. The first-order valence-electron chi connectivity index (χ1n) is 7.83. The van der Waals surface area contributed by atoms with E-state index >= 15 is 0 Å². The molecule has 0 spiro atoms. The molecule has 0 aromatic heterocycles. The number of halogens is 1. The standard InChI is InChI=1S/C19H25NO.ClH/c1-3-9-19(17-11-6-5-7-12-17)20-15-16-10-8-13-18(14-16)21-4-2;/h5-8,10-14,19-20H,3-4,9,15H2,1-2H3;1H. The van der Waals surface area contributed by atoms with Crippen molar-refractivity contribution in [3.63, 3.8) is 0 Å². The average Bonchev–Trinajstić information content (AvgIpc) is 2.53. The van der Waals surface area contributed by atoms with Gasteiger partial charge in [0.05, 0.1) is 6.61 Å². The second-order valence-electron chi connectivity index (χ2n) is 5.21. The van der Waals surface area contributed by atoms with E-state index in [1.165, 1.54) is 17.5 Å². The van der Waals surface area contributed by atoms with Gasteiger partial charge >= 0.3 is 0 Å². The summed E-state index contributed by atoms with van der Waals surface area (Å²) < 4.78 is 5.56. The normalized spacial score (nSPS) is 11.5. The van der Waals surface area contributed by atoms with Gasteiger partial charge in [-0.25, -0.2) is 0 Å². The molecule has 1 N–H and O–H groups in total. The second kappa shape index (κ2) is 10.3. The molecule has 2 aromatic rings. The fraction of sp³-hybridized carbons (Fsp3) is 0.368. The second-order valence-corrected chi connectivity index (χ2v) is 5.21. The smallest absolute Gasteiger partial charge is 0.119 e. The zero-order chi connectivity index (χ0) is 14.9. The number of nitrogens with one attached hydrogen (secondary N) is 1. The van der Waals surface area contributed by atoms with Gasteiger partial charge in [0.2, 0.25) is 0 Å². The third-order valence-electron chi connectivity index (χ3n) is 3.54. The lowest BCUT2D eigenvalue weighted by atomic mass is 10.0. The van der Waals surface area contributed by atoms with Crippen LogP contribution in [0.2, 0.25) is 0 Å². The summed E-state index contributed by atoms with van der Waals surface area (Å²) in [6, 6.07) is 19.4. The van der Waals surface area contributed by atoms with Crippen LogP contribution in [0.4, 0.5) is 0 Å². The Bertz CT molecular complexity index is 530. The summed E-state index contributed by atoms with van der Waals surface area (Å²) in [6.45, 7) is 5.81. The van der Waals surface area contributed by atoms with Gasteiger partial charge in [-0.15, -0.1) is 12.4 Å². The maximum atomic E-state index is 5.56. The highest BCUT2D eigenvalue weighted by atomic mass is 35.5. The quantitative estimate of drug-likeness (QED) is 0.727. The van der Waals surface area contributed by atoms with E-state index in [0.717, 1.165) is 18.7 Å². The van der Waals surface area contributed by atoms with Crippen LogP contribution in [-0.2, 0) is 6.54 Å². The molecular weight excluding hydrogens is 294 g/mol. The van der Waals surface area contributed by atoms with Crippen molar-refractivity contribution >= 4 is 12.4 Å². The van der Waals surface area contributed by atoms with Crippen molar-refractivity contribution in [2.24, 2.45) is 0 Å². The maximum Gasteiger partial charge on any atom is 0.119 e. The average molecular weight is 320 g/mol. The Labute approximate surface area is 140 Å². The van der Waals surface area contributed by atoms with E-state index in [1.54, 1.807) is 0 Å². The van der Waals surface area contributed by atoms with Crippen molar-refractivity contribution < 1.29 is 4.74 Å². The molecule has 120 valence electrons. The van der Waals surface area contributed by atoms with Crippen LogP contribution in [-0.4, -0.2) is 6.61 Å². The highest BCUT2D eigenvalue weighted by molar-refractivity contribution is 5.85. The van der Waals surface area contributed by atoms with E-state index in [9.17, 15) is 0 Å². The van der Waals surface area contributed by atoms with E-state index in [0.29, 0.717) is 12.6 Å². The summed E-state index contributed by atoms with van der Waals surface area (Å²) in [5.74, 6) is 0.948. The van der Waals surface area contributed by atoms with Gasteiger partial charge in [-0.1, -0.05) is 55.8 Å². The minimum absolute atomic E-state index is 0. The van der Waals surface area contributed by atoms with Gasteiger partial charge < -0.3 is 10.1 Å². The molecule has 0 saturated heterocycles. The molecule has 0 fully saturated rings. The molecule has 0 aliphatic heterocycles. The Kier molecular flexibility index (Phi) is 8.64. The molecule has 1 unspecified atom stereocenters. The molecule has 0 saturated carbocycles. The van der Waals surface area contributed by atoms with Gasteiger partial charge in [-0.3, -0.25) is 0 Å². The zero-order valence-corrected chi connectivity index (χ0v) is 14.2.